The van der Waals surface area contributed by atoms with Gasteiger partial charge < -0.3 is 5.32 Å². The van der Waals surface area contributed by atoms with Crippen molar-refractivity contribution in [2.75, 3.05) is 7.05 Å². The van der Waals surface area contributed by atoms with Crippen LogP contribution >= 0.6 is 11.3 Å². The van der Waals surface area contributed by atoms with E-state index in [-0.39, 0.29) is 16.3 Å². The van der Waals surface area contributed by atoms with Gasteiger partial charge in [0.2, 0.25) is 10.0 Å². The van der Waals surface area contributed by atoms with Crippen LogP contribution in [0.25, 0.3) is 0 Å². The summed E-state index contributed by atoms with van der Waals surface area (Å²) in [5.74, 6) is -1.14. The first kappa shape index (κ1) is 15.6. The lowest BCUT2D eigenvalue weighted by atomic mass is 10.2. The molecule has 2 aromatic rings. The van der Waals surface area contributed by atoms with Crippen LogP contribution in [0.5, 0.6) is 0 Å². The number of benzene rings is 1. The van der Waals surface area contributed by atoms with Gasteiger partial charge in [-0.15, -0.1) is 11.3 Å². The smallest absolute Gasteiger partial charge is 0.254 e. The van der Waals surface area contributed by atoms with Gasteiger partial charge in [-0.2, -0.15) is 0 Å². The maximum absolute atomic E-state index is 13.4. The third kappa shape index (κ3) is 3.66. The van der Waals surface area contributed by atoms with Crippen LogP contribution in [-0.2, 0) is 16.6 Å². The molecule has 5 nitrogen and oxygen atoms in total. The molecule has 2 N–H and O–H groups in total. The van der Waals surface area contributed by atoms with Crippen LogP contribution in [0.2, 0.25) is 0 Å². The Morgan fingerprint density at radius 2 is 1.95 bits per heavy atom. The number of thiophene rings is 1. The number of amides is 1. The van der Waals surface area contributed by atoms with Gasteiger partial charge in [0.25, 0.3) is 5.91 Å². The molecule has 0 saturated carbocycles. The molecule has 0 aliphatic rings. The molecule has 8 heteroatoms. The average Bonchev–Trinajstić information content (AvgIpc) is 2.95. The molecule has 1 heterocycles. The molecule has 1 aromatic heterocycles. The first-order valence-electron chi connectivity index (χ1n) is 5.99. The number of sulfonamides is 1. The standard InChI is InChI=1S/C13H13FN2O3S2/c1-15-21(18,19)12-7-6-9(20-12)8-16-13(17)10-4-2-3-5-11(10)14/h2-7,15H,8H2,1H3,(H,16,17). The first-order valence-corrected chi connectivity index (χ1v) is 8.29. The molecule has 0 atom stereocenters. The van der Waals surface area contributed by atoms with Gasteiger partial charge in [-0.05, 0) is 31.3 Å². The molecule has 0 unspecified atom stereocenters. The highest BCUT2D eigenvalue weighted by molar-refractivity contribution is 7.91. The Hall–Kier alpha value is -1.77. The van der Waals surface area contributed by atoms with Crippen molar-refractivity contribution in [3.05, 3.63) is 52.7 Å². The van der Waals surface area contributed by atoms with Gasteiger partial charge in [0.1, 0.15) is 10.0 Å². The number of rotatable bonds is 5. The van der Waals surface area contributed by atoms with E-state index in [1.54, 1.807) is 12.1 Å². The zero-order valence-electron chi connectivity index (χ0n) is 11.1. The molecule has 0 spiro atoms. The van der Waals surface area contributed by atoms with Crippen LogP contribution in [0, 0.1) is 5.82 Å². The Morgan fingerprint density at radius 3 is 2.62 bits per heavy atom. The lowest BCUT2D eigenvalue weighted by molar-refractivity contribution is 0.0947. The van der Waals surface area contributed by atoms with Crippen molar-refractivity contribution < 1.29 is 17.6 Å². The molecule has 1 amide bonds. The van der Waals surface area contributed by atoms with E-state index in [0.717, 1.165) is 11.3 Å². The Balaban J connectivity index is 2.04. The van der Waals surface area contributed by atoms with E-state index in [0.29, 0.717) is 4.88 Å². The van der Waals surface area contributed by atoms with Gasteiger partial charge in [-0.1, -0.05) is 12.1 Å². The molecule has 0 bridgehead atoms. The predicted molar refractivity (Wildman–Crippen MR) is 78.1 cm³/mol. The molecular formula is C13H13FN2O3S2. The van der Waals surface area contributed by atoms with E-state index < -0.39 is 21.7 Å². The van der Waals surface area contributed by atoms with Crippen molar-refractivity contribution in [2.24, 2.45) is 0 Å². The summed E-state index contributed by atoms with van der Waals surface area (Å²) in [7, 11) is -2.15. The number of carbonyl (C=O) groups excluding carboxylic acids is 1. The van der Waals surface area contributed by atoms with E-state index in [1.807, 2.05) is 0 Å². The highest BCUT2D eigenvalue weighted by Crippen LogP contribution is 2.21. The first-order chi connectivity index (χ1) is 9.94. The van der Waals surface area contributed by atoms with Crippen LogP contribution in [0.3, 0.4) is 0 Å². The van der Waals surface area contributed by atoms with Crippen LogP contribution in [-0.4, -0.2) is 21.4 Å². The van der Waals surface area contributed by atoms with Crippen molar-refractivity contribution >= 4 is 27.3 Å². The Kier molecular flexibility index (Phi) is 4.71. The van der Waals surface area contributed by atoms with Gasteiger partial charge in [0.05, 0.1) is 12.1 Å². The van der Waals surface area contributed by atoms with Crippen LogP contribution < -0.4 is 10.0 Å². The van der Waals surface area contributed by atoms with Crippen molar-refractivity contribution in [3.8, 4) is 0 Å². The van der Waals surface area contributed by atoms with Gasteiger partial charge in [-0.25, -0.2) is 17.5 Å². The second-order valence-electron chi connectivity index (χ2n) is 4.09. The van der Waals surface area contributed by atoms with Crippen LogP contribution in [0.4, 0.5) is 4.39 Å². The summed E-state index contributed by atoms with van der Waals surface area (Å²) in [4.78, 5) is 12.5. The van der Waals surface area contributed by atoms with Crippen molar-refractivity contribution in [1.82, 2.24) is 10.0 Å². The van der Waals surface area contributed by atoms with Gasteiger partial charge in [0, 0.05) is 4.88 Å². The normalized spacial score (nSPS) is 11.3. The Labute approximate surface area is 125 Å². The maximum atomic E-state index is 13.4. The molecule has 1 aromatic carbocycles. The molecule has 0 aliphatic carbocycles. The predicted octanol–water partition coefficient (Wildman–Crippen LogP) is 1.73. The van der Waals surface area contributed by atoms with Crippen LogP contribution in [0.15, 0.2) is 40.6 Å². The van der Waals surface area contributed by atoms with Gasteiger partial charge in [-0.3, -0.25) is 4.79 Å². The summed E-state index contributed by atoms with van der Waals surface area (Å²) in [6.45, 7) is 0.136. The quantitative estimate of drug-likeness (QED) is 0.877. The summed E-state index contributed by atoms with van der Waals surface area (Å²) in [6, 6.07) is 8.73. The fourth-order valence-corrected chi connectivity index (χ4v) is 3.74. The Morgan fingerprint density at radius 1 is 1.24 bits per heavy atom. The largest absolute Gasteiger partial charge is 0.347 e. The minimum Gasteiger partial charge on any atom is -0.347 e. The molecule has 21 heavy (non-hydrogen) atoms. The Bertz CT molecular complexity index is 756. The number of carbonyl (C=O) groups is 1. The van der Waals surface area contributed by atoms with Gasteiger partial charge >= 0.3 is 0 Å². The van der Waals surface area contributed by atoms with E-state index in [2.05, 4.69) is 10.0 Å². The summed E-state index contributed by atoms with van der Waals surface area (Å²) in [6.07, 6.45) is 0. The summed E-state index contributed by atoms with van der Waals surface area (Å²) >= 11 is 1.05. The van der Waals surface area contributed by atoms with Crippen LogP contribution in [0.1, 0.15) is 15.2 Å². The third-order valence-electron chi connectivity index (χ3n) is 2.71. The molecule has 2 rings (SSSR count). The average molecular weight is 328 g/mol. The fourth-order valence-electron chi connectivity index (χ4n) is 1.61. The minimum atomic E-state index is -3.48. The highest BCUT2D eigenvalue weighted by Gasteiger charge is 2.15. The minimum absolute atomic E-state index is 0.0443. The van der Waals surface area contributed by atoms with Gasteiger partial charge in [0.15, 0.2) is 0 Å². The van der Waals surface area contributed by atoms with Crippen molar-refractivity contribution in [1.29, 1.82) is 0 Å². The van der Waals surface area contributed by atoms with E-state index in [1.165, 1.54) is 31.3 Å². The lowest BCUT2D eigenvalue weighted by Crippen LogP contribution is -2.23. The van der Waals surface area contributed by atoms with E-state index in [4.69, 9.17) is 0 Å². The zero-order valence-corrected chi connectivity index (χ0v) is 12.7. The summed E-state index contributed by atoms with van der Waals surface area (Å²) < 4.78 is 39.0. The van der Waals surface area contributed by atoms with E-state index in [9.17, 15) is 17.6 Å². The topological polar surface area (TPSA) is 75.3 Å². The SMILES string of the molecule is CNS(=O)(=O)c1ccc(CNC(=O)c2ccccc2F)s1. The van der Waals surface area contributed by atoms with Crippen molar-refractivity contribution in [3.63, 3.8) is 0 Å². The number of nitrogens with one attached hydrogen (secondary N) is 2. The second-order valence-corrected chi connectivity index (χ2v) is 7.37. The molecule has 0 fully saturated rings. The number of halogens is 1. The molecule has 0 radical (unpaired) electrons. The fraction of sp³-hybridized carbons (Fsp3) is 0.154. The van der Waals surface area contributed by atoms with Crippen molar-refractivity contribution in [2.45, 2.75) is 10.8 Å². The molecular weight excluding hydrogens is 315 g/mol. The zero-order chi connectivity index (χ0) is 15.5. The molecule has 112 valence electrons. The maximum Gasteiger partial charge on any atom is 0.254 e. The monoisotopic (exact) mass is 328 g/mol. The number of hydrogen-bond acceptors (Lipinski definition) is 4. The molecule has 0 saturated heterocycles. The lowest BCUT2D eigenvalue weighted by Gasteiger charge is -2.04. The third-order valence-corrected chi connectivity index (χ3v) is 5.70. The van der Waals surface area contributed by atoms with E-state index >= 15 is 0 Å². The second kappa shape index (κ2) is 6.33. The summed E-state index contributed by atoms with van der Waals surface area (Å²) in [5, 5.41) is 2.56. The summed E-state index contributed by atoms with van der Waals surface area (Å²) in [5.41, 5.74) is -0.0443. The molecule has 0 aliphatic heterocycles. The number of hydrogen-bond donors (Lipinski definition) is 2. The highest BCUT2D eigenvalue weighted by atomic mass is 32.2.